The minimum Gasteiger partial charge on any atom is -0.357 e. The molecule has 0 saturated carbocycles. The molecule has 0 amide bonds. The highest BCUT2D eigenvalue weighted by Crippen LogP contribution is 2.35. The maximum absolute atomic E-state index is 13.4. The van der Waals surface area contributed by atoms with Crippen LogP contribution in [0.25, 0.3) is 27.8 Å². The number of rotatable bonds is 4. The normalized spacial score (nSPS) is 13.8. The van der Waals surface area contributed by atoms with Gasteiger partial charge >= 0.3 is 5.69 Å². The Balaban J connectivity index is 1.86. The van der Waals surface area contributed by atoms with Crippen molar-refractivity contribution in [2.75, 3.05) is 5.32 Å². The maximum atomic E-state index is 13.4. The smallest absolute Gasteiger partial charge is 0.330 e. The quantitative estimate of drug-likeness (QED) is 0.483. The van der Waals surface area contributed by atoms with E-state index in [0.29, 0.717) is 17.3 Å². The SMILES string of the molecule is Cc1cc(NC2=CC(=O)CCC2)c(-n2cc3c(c2-c2ccccc2)c(=O)n(C)c(=O)n3C)cc1C. The Bertz CT molecular complexity index is 1640. The number of aromatic nitrogens is 3. The van der Waals surface area contributed by atoms with Gasteiger partial charge in [-0.15, -0.1) is 0 Å². The lowest BCUT2D eigenvalue weighted by molar-refractivity contribution is -0.115. The van der Waals surface area contributed by atoms with E-state index in [1.807, 2.05) is 48.0 Å². The molecule has 2 aromatic carbocycles. The first-order valence-corrected chi connectivity index (χ1v) is 11.7. The zero-order chi connectivity index (χ0) is 24.9. The van der Waals surface area contributed by atoms with Crippen LogP contribution in [-0.4, -0.2) is 19.5 Å². The Kier molecular flexibility index (Phi) is 5.55. The van der Waals surface area contributed by atoms with Gasteiger partial charge in [0.25, 0.3) is 5.56 Å². The molecule has 0 radical (unpaired) electrons. The lowest BCUT2D eigenvalue weighted by Crippen LogP contribution is -2.36. The molecule has 0 aliphatic heterocycles. The Morgan fingerprint density at radius 3 is 2.31 bits per heavy atom. The molecule has 178 valence electrons. The number of allylic oxidation sites excluding steroid dienone is 2. The van der Waals surface area contributed by atoms with Crippen LogP contribution in [0, 0.1) is 13.8 Å². The van der Waals surface area contributed by atoms with Gasteiger partial charge in [-0.3, -0.25) is 18.7 Å². The first-order valence-electron chi connectivity index (χ1n) is 11.7. The van der Waals surface area contributed by atoms with Crippen molar-refractivity contribution in [2.45, 2.75) is 33.1 Å². The maximum Gasteiger partial charge on any atom is 0.330 e. The van der Waals surface area contributed by atoms with Crippen molar-refractivity contribution in [3.05, 3.63) is 92.4 Å². The summed E-state index contributed by atoms with van der Waals surface area (Å²) in [5, 5.41) is 3.97. The highest BCUT2D eigenvalue weighted by atomic mass is 16.2. The highest BCUT2D eigenvalue weighted by Gasteiger charge is 2.22. The molecule has 7 heteroatoms. The van der Waals surface area contributed by atoms with Crippen molar-refractivity contribution in [3.63, 3.8) is 0 Å². The van der Waals surface area contributed by atoms with E-state index in [0.717, 1.165) is 56.9 Å². The summed E-state index contributed by atoms with van der Waals surface area (Å²) in [7, 11) is 3.19. The number of carbonyl (C=O) groups is 1. The van der Waals surface area contributed by atoms with Gasteiger partial charge in [-0.25, -0.2) is 4.79 Å². The number of nitrogens with zero attached hydrogens (tertiary/aromatic N) is 3. The number of aryl methyl sites for hydroxylation is 3. The highest BCUT2D eigenvalue weighted by molar-refractivity contribution is 5.96. The van der Waals surface area contributed by atoms with E-state index in [4.69, 9.17) is 0 Å². The molecule has 2 heterocycles. The van der Waals surface area contributed by atoms with Crippen LogP contribution in [-0.2, 0) is 18.9 Å². The van der Waals surface area contributed by atoms with Gasteiger partial charge in [0, 0.05) is 38.5 Å². The van der Waals surface area contributed by atoms with Crippen LogP contribution >= 0.6 is 0 Å². The third kappa shape index (κ3) is 3.83. The van der Waals surface area contributed by atoms with Gasteiger partial charge in [-0.05, 0) is 55.5 Å². The molecule has 4 aromatic rings. The molecule has 1 aliphatic carbocycles. The predicted octanol–water partition coefficient (Wildman–Crippen LogP) is 4.36. The first-order chi connectivity index (χ1) is 16.8. The Hall–Kier alpha value is -4.13. The van der Waals surface area contributed by atoms with Crippen molar-refractivity contribution < 1.29 is 4.79 Å². The van der Waals surface area contributed by atoms with Crippen molar-refractivity contribution in [3.8, 4) is 16.9 Å². The summed E-state index contributed by atoms with van der Waals surface area (Å²) < 4.78 is 4.65. The van der Waals surface area contributed by atoms with Crippen LogP contribution in [0.5, 0.6) is 0 Å². The zero-order valence-electron chi connectivity index (χ0n) is 20.4. The Morgan fingerprint density at radius 2 is 1.60 bits per heavy atom. The fourth-order valence-corrected chi connectivity index (χ4v) is 4.77. The molecule has 0 bridgehead atoms. The van der Waals surface area contributed by atoms with E-state index in [1.54, 1.807) is 13.1 Å². The summed E-state index contributed by atoms with van der Waals surface area (Å²) in [4.78, 5) is 38.1. The molecule has 5 rings (SSSR count). The second kappa shape index (κ2) is 8.58. The number of ketones is 1. The Morgan fingerprint density at radius 1 is 0.886 bits per heavy atom. The first kappa shape index (κ1) is 22.7. The van der Waals surface area contributed by atoms with E-state index in [-0.39, 0.29) is 17.0 Å². The van der Waals surface area contributed by atoms with Crippen LogP contribution in [0.3, 0.4) is 0 Å². The number of carbonyl (C=O) groups excluding carboxylic acids is 1. The molecule has 0 spiro atoms. The van der Waals surface area contributed by atoms with E-state index in [9.17, 15) is 14.4 Å². The number of benzene rings is 2. The van der Waals surface area contributed by atoms with Crippen LogP contribution in [0.15, 0.2) is 70.0 Å². The number of anilines is 1. The third-order valence-electron chi connectivity index (χ3n) is 6.86. The lowest BCUT2D eigenvalue weighted by atomic mass is 10.0. The lowest BCUT2D eigenvalue weighted by Gasteiger charge is -2.21. The van der Waals surface area contributed by atoms with E-state index in [1.165, 1.54) is 11.6 Å². The van der Waals surface area contributed by atoms with Crippen LogP contribution < -0.4 is 16.6 Å². The monoisotopic (exact) mass is 468 g/mol. The van der Waals surface area contributed by atoms with E-state index in [2.05, 4.69) is 24.4 Å². The van der Waals surface area contributed by atoms with Crippen molar-refractivity contribution in [2.24, 2.45) is 14.1 Å². The zero-order valence-corrected chi connectivity index (χ0v) is 20.4. The molecular weight excluding hydrogens is 440 g/mol. The third-order valence-corrected chi connectivity index (χ3v) is 6.86. The topological polar surface area (TPSA) is 78.0 Å². The molecule has 0 unspecified atom stereocenters. The molecule has 2 aromatic heterocycles. The average Bonchev–Trinajstić information content (AvgIpc) is 3.25. The fraction of sp³-hybridized carbons (Fsp3) is 0.250. The average molecular weight is 469 g/mol. The van der Waals surface area contributed by atoms with Gasteiger partial charge in [0.05, 0.1) is 28.0 Å². The van der Waals surface area contributed by atoms with Crippen LogP contribution in [0.2, 0.25) is 0 Å². The number of nitrogens with one attached hydrogen (secondary N) is 1. The summed E-state index contributed by atoms with van der Waals surface area (Å²) in [5.41, 5.74) is 6.22. The summed E-state index contributed by atoms with van der Waals surface area (Å²) >= 11 is 0. The molecule has 1 aliphatic rings. The molecule has 0 atom stereocenters. The molecule has 0 fully saturated rings. The largest absolute Gasteiger partial charge is 0.357 e. The van der Waals surface area contributed by atoms with E-state index >= 15 is 0 Å². The fourth-order valence-electron chi connectivity index (χ4n) is 4.77. The van der Waals surface area contributed by atoms with Gasteiger partial charge in [0.1, 0.15) is 0 Å². The standard InChI is InChI=1S/C28H28N4O3/c1-17-13-22(29-20-11-8-12-21(33)15-20)23(14-18(17)2)32-16-24-25(26(32)19-9-6-5-7-10-19)27(34)31(4)28(35)30(24)3/h5-7,9-10,13-16,29H,8,11-12H2,1-4H3. The number of fused-ring (bicyclic) bond motifs is 1. The van der Waals surface area contributed by atoms with Crippen LogP contribution in [0.1, 0.15) is 30.4 Å². The molecule has 1 N–H and O–H groups in total. The second-order valence-corrected chi connectivity index (χ2v) is 9.25. The van der Waals surface area contributed by atoms with Crippen molar-refractivity contribution in [1.82, 2.24) is 13.7 Å². The van der Waals surface area contributed by atoms with Crippen molar-refractivity contribution in [1.29, 1.82) is 0 Å². The van der Waals surface area contributed by atoms with Gasteiger partial charge in [0.15, 0.2) is 5.78 Å². The van der Waals surface area contributed by atoms with Gasteiger partial charge in [-0.2, -0.15) is 0 Å². The minimum absolute atomic E-state index is 0.124. The summed E-state index contributed by atoms with van der Waals surface area (Å²) in [5.74, 6) is 0.124. The molecular formula is C28H28N4O3. The van der Waals surface area contributed by atoms with Crippen LogP contribution in [0.4, 0.5) is 5.69 Å². The molecule has 0 saturated heterocycles. The van der Waals surface area contributed by atoms with Gasteiger partial charge in [-0.1, -0.05) is 30.3 Å². The second-order valence-electron chi connectivity index (χ2n) is 9.25. The summed E-state index contributed by atoms with van der Waals surface area (Å²) in [6.45, 7) is 4.10. The minimum atomic E-state index is -0.372. The number of hydrogen-bond donors (Lipinski definition) is 1. The van der Waals surface area contributed by atoms with Crippen molar-refractivity contribution >= 4 is 22.4 Å². The predicted molar refractivity (Wildman–Crippen MR) is 139 cm³/mol. The molecule has 7 nitrogen and oxygen atoms in total. The molecule has 35 heavy (non-hydrogen) atoms. The summed E-state index contributed by atoms with van der Waals surface area (Å²) in [6.07, 6.45) is 5.73. The van der Waals surface area contributed by atoms with Gasteiger partial charge in [0.2, 0.25) is 0 Å². The summed E-state index contributed by atoms with van der Waals surface area (Å²) in [6, 6.07) is 13.9. The van der Waals surface area contributed by atoms with Gasteiger partial charge < -0.3 is 9.88 Å². The number of hydrogen-bond acceptors (Lipinski definition) is 4. The Labute approximate surface area is 202 Å². The van der Waals surface area contributed by atoms with E-state index < -0.39 is 0 Å².